The fourth-order valence-corrected chi connectivity index (χ4v) is 2.67. The first-order valence-electron chi connectivity index (χ1n) is 8.55. The zero-order chi connectivity index (χ0) is 18.9. The molecule has 0 atom stereocenters. The van der Waals surface area contributed by atoms with E-state index in [1.807, 2.05) is 0 Å². The van der Waals surface area contributed by atoms with Crippen molar-refractivity contribution in [3.8, 4) is 0 Å². The summed E-state index contributed by atoms with van der Waals surface area (Å²) < 4.78 is 23.3. The Morgan fingerprint density at radius 2 is 1.88 bits per heavy atom. The van der Waals surface area contributed by atoms with Crippen LogP contribution in [0.5, 0.6) is 0 Å². The van der Waals surface area contributed by atoms with Crippen molar-refractivity contribution in [1.29, 1.82) is 0 Å². The minimum absolute atomic E-state index is 0.190. The Morgan fingerprint density at radius 1 is 1.19 bits per heavy atom. The van der Waals surface area contributed by atoms with Crippen LogP contribution in [0.25, 0.3) is 6.08 Å². The summed E-state index contributed by atoms with van der Waals surface area (Å²) in [6.45, 7) is 2.56. The third-order valence-electron chi connectivity index (χ3n) is 4.11. The van der Waals surface area contributed by atoms with Crippen molar-refractivity contribution in [1.82, 2.24) is 4.90 Å². The number of halogens is 1. The Morgan fingerprint density at radius 3 is 2.54 bits per heavy atom. The average molecular weight is 363 g/mol. The van der Waals surface area contributed by atoms with Gasteiger partial charge in [0.15, 0.2) is 6.61 Å². The summed E-state index contributed by atoms with van der Waals surface area (Å²) in [4.78, 5) is 37.0. The van der Waals surface area contributed by atoms with E-state index in [1.165, 1.54) is 18.2 Å². The van der Waals surface area contributed by atoms with E-state index in [1.54, 1.807) is 24.0 Å². The molecule has 1 amide bonds. The minimum Gasteiger partial charge on any atom is -0.466 e. The lowest BCUT2D eigenvalue weighted by Crippen LogP contribution is -2.42. The zero-order valence-corrected chi connectivity index (χ0v) is 14.7. The Kier molecular flexibility index (Phi) is 7.32. The molecule has 0 spiro atoms. The predicted octanol–water partition coefficient (Wildman–Crippen LogP) is 2.18. The fraction of sp³-hybridized carbons (Fsp3) is 0.421. The monoisotopic (exact) mass is 363 g/mol. The van der Waals surface area contributed by atoms with Crippen molar-refractivity contribution >= 4 is 23.9 Å². The van der Waals surface area contributed by atoms with Crippen molar-refractivity contribution < 1.29 is 28.2 Å². The summed E-state index contributed by atoms with van der Waals surface area (Å²) in [6.07, 6.45) is 3.45. The minimum atomic E-state index is -0.719. The molecule has 0 saturated carbocycles. The largest absolute Gasteiger partial charge is 0.466 e. The Balaban J connectivity index is 1.74. The number of benzene rings is 1. The molecule has 1 saturated heterocycles. The van der Waals surface area contributed by atoms with Crippen LogP contribution in [0.4, 0.5) is 4.39 Å². The molecule has 0 N–H and O–H groups in total. The zero-order valence-electron chi connectivity index (χ0n) is 14.7. The maximum absolute atomic E-state index is 13.4. The van der Waals surface area contributed by atoms with Crippen LogP contribution in [-0.4, -0.2) is 49.0 Å². The van der Waals surface area contributed by atoms with Gasteiger partial charge < -0.3 is 14.4 Å². The third kappa shape index (κ3) is 5.68. The Hall–Kier alpha value is -2.70. The molecule has 1 aliphatic rings. The van der Waals surface area contributed by atoms with E-state index in [2.05, 4.69) is 0 Å². The molecule has 0 unspecified atom stereocenters. The van der Waals surface area contributed by atoms with Gasteiger partial charge in [0, 0.05) is 24.7 Å². The number of carbonyl (C=O) groups excluding carboxylic acids is 3. The molecule has 2 rings (SSSR count). The first kappa shape index (κ1) is 19.6. The number of ether oxygens (including phenoxy) is 2. The molecule has 0 bridgehead atoms. The molecule has 1 aromatic rings. The molecule has 1 aromatic carbocycles. The van der Waals surface area contributed by atoms with E-state index >= 15 is 0 Å². The maximum Gasteiger partial charge on any atom is 0.331 e. The highest BCUT2D eigenvalue weighted by Gasteiger charge is 2.28. The molecular formula is C19H22FNO5. The highest BCUT2D eigenvalue weighted by Crippen LogP contribution is 2.18. The van der Waals surface area contributed by atoms with E-state index in [0.717, 1.165) is 6.08 Å². The van der Waals surface area contributed by atoms with Crippen molar-refractivity contribution in [3.05, 3.63) is 41.7 Å². The van der Waals surface area contributed by atoms with Gasteiger partial charge in [-0.05, 0) is 31.9 Å². The van der Waals surface area contributed by atoms with Crippen LogP contribution < -0.4 is 0 Å². The van der Waals surface area contributed by atoms with E-state index in [4.69, 9.17) is 9.47 Å². The highest BCUT2D eigenvalue weighted by molar-refractivity contribution is 5.89. The van der Waals surface area contributed by atoms with Gasteiger partial charge in [-0.3, -0.25) is 9.59 Å². The number of likely N-dealkylation sites (tertiary alicyclic amines) is 1. The molecule has 1 heterocycles. The number of amides is 1. The summed E-state index contributed by atoms with van der Waals surface area (Å²) in [5.74, 6) is -1.91. The summed E-state index contributed by atoms with van der Waals surface area (Å²) in [6, 6.07) is 6.01. The van der Waals surface area contributed by atoms with Gasteiger partial charge in [0.2, 0.25) is 0 Å². The summed E-state index contributed by atoms with van der Waals surface area (Å²) in [5, 5.41) is 0. The molecule has 1 aliphatic heterocycles. The van der Waals surface area contributed by atoms with Gasteiger partial charge in [-0.15, -0.1) is 0 Å². The van der Waals surface area contributed by atoms with E-state index in [9.17, 15) is 18.8 Å². The van der Waals surface area contributed by atoms with Crippen molar-refractivity contribution in [2.75, 3.05) is 26.3 Å². The van der Waals surface area contributed by atoms with Crippen LogP contribution >= 0.6 is 0 Å². The molecule has 0 radical (unpaired) electrons. The number of rotatable bonds is 6. The van der Waals surface area contributed by atoms with Crippen LogP contribution in [0.15, 0.2) is 30.3 Å². The van der Waals surface area contributed by atoms with Gasteiger partial charge in [0.05, 0.1) is 12.5 Å². The Bertz CT molecular complexity index is 680. The summed E-state index contributed by atoms with van der Waals surface area (Å²) in [5.41, 5.74) is 0.261. The first-order valence-corrected chi connectivity index (χ1v) is 8.55. The standard InChI is InChI=1S/C19H22FNO5/c1-2-25-19(24)15-9-11-21(12-10-15)17(22)13-26-18(23)8-7-14-5-3-4-6-16(14)20/h3-8,15H,2,9-13H2,1H3/b8-7+. The lowest BCUT2D eigenvalue weighted by molar-refractivity contribution is -0.153. The second-order valence-electron chi connectivity index (χ2n) is 5.87. The third-order valence-corrected chi connectivity index (χ3v) is 4.11. The van der Waals surface area contributed by atoms with Crippen LogP contribution in [0.2, 0.25) is 0 Å². The highest BCUT2D eigenvalue weighted by atomic mass is 19.1. The molecule has 0 aliphatic carbocycles. The van der Waals surface area contributed by atoms with Gasteiger partial charge in [-0.1, -0.05) is 18.2 Å². The summed E-state index contributed by atoms with van der Waals surface area (Å²) >= 11 is 0. The smallest absolute Gasteiger partial charge is 0.331 e. The normalized spacial score (nSPS) is 15.1. The van der Waals surface area contributed by atoms with Gasteiger partial charge in [-0.2, -0.15) is 0 Å². The molecular weight excluding hydrogens is 341 g/mol. The molecule has 0 aromatic heterocycles. The second-order valence-corrected chi connectivity index (χ2v) is 5.87. The van der Waals surface area contributed by atoms with Gasteiger partial charge in [0.1, 0.15) is 5.82 Å². The van der Waals surface area contributed by atoms with E-state index in [0.29, 0.717) is 32.5 Å². The SMILES string of the molecule is CCOC(=O)C1CCN(C(=O)COC(=O)/C=C/c2ccccc2F)CC1. The number of piperidine rings is 1. The number of hydrogen-bond acceptors (Lipinski definition) is 5. The van der Waals surface area contributed by atoms with E-state index in [-0.39, 0.29) is 30.0 Å². The Labute approximate surface area is 151 Å². The lowest BCUT2D eigenvalue weighted by atomic mass is 9.97. The fourth-order valence-electron chi connectivity index (χ4n) is 2.67. The predicted molar refractivity (Wildman–Crippen MR) is 92.3 cm³/mol. The van der Waals surface area contributed by atoms with Gasteiger partial charge in [0.25, 0.3) is 5.91 Å². The van der Waals surface area contributed by atoms with Crippen molar-refractivity contribution in [3.63, 3.8) is 0 Å². The topological polar surface area (TPSA) is 72.9 Å². The molecule has 26 heavy (non-hydrogen) atoms. The van der Waals surface area contributed by atoms with Gasteiger partial charge >= 0.3 is 11.9 Å². The summed E-state index contributed by atoms with van der Waals surface area (Å²) in [7, 11) is 0. The number of hydrogen-bond donors (Lipinski definition) is 0. The van der Waals surface area contributed by atoms with Crippen LogP contribution in [0, 0.1) is 11.7 Å². The first-order chi connectivity index (χ1) is 12.5. The van der Waals surface area contributed by atoms with Gasteiger partial charge in [-0.25, -0.2) is 9.18 Å². The number of carbonyl (C=O) groups is 3. The van der Waals surface area contributed by atoms with Crippen molar-refractivity contribution in [2.45, 2.75) is 19.8 Å². The number of esters is 2. The number of nitrogens with zero attached hydrogens (tertiary/aromatic N) is 1. The van der Waals surface area contributed by atoms with E-state index < -0.39 is 11.8 Å². The van der Waals surface area contributed by atoms with Crippen molar-refractivity contribution in [2.24, 2.45) is 5.92 Å². The second kappa shape index (κ2) is 9.70. The molecule has 7 heteroatoms. The maximum atomic E-state index is 13.4. The quantitative estimate of drug-likeness (QED) is 0.572. The average Bonchev–Trinajstić information content (AvgIpc) is 2.65. The molecule has 140 valence electrons. The molecule has 6 nitrogen and oxygen atoms in total. The van der Waals surface area contributed by atoms with Crippen LogP contribution in [0.3, 0.4) is 0 Å². The van der Waals surface area contributed by atoms with Crippen LogP contribution in [0.1, 0.15) is 25.3 Å². The lowest BCUT2D eigenvalue weighted by Gasteiger charge is -2.30. The van der Waals surface area contributed by atoms with Crippen LogP contribution in [-0.2, 0) is 23.9 Å². The molecule has 1 fully saturated rings.